The summed E-state index contributed by atoms with van der Waals surface area (Å²) >= 11 is 0. The molecule has 0 bridgehead atoms. The summed E-state index contributed by atoms with van der Waals surface area (Å²) in [5.74, 6) is -0.445. The molecule has 2 amide bonds. The second-order valence-corrected chi connectivity index (χ2v) is 8.09. The molecule has 3 aromatic carbocycles. The maximum atomic E-state index is 12.9. The number of anilines is 1. The van der Waals surface area contributed by atoms with Crippen LogP contribution in [0.15, 0.2) is 72.8 Å². The molecule has 34 heavy (non-hydrogen) atoms. The molecule has 0 aliphatic carbocycles. The quantitative estimate of drug-likeness (QED) is 0.475. The third-order valence-corrected chi connectivity index (χ3v) is 5.66. The molecule has 4 rings (SSSR count). The summed E-state index contributed by atoms with van der Waals surface area (Å²) in [6.07, 6.45) is -3.99. The standard InChI is InChI=1S/C26H24F3N3O2/c1-2-13-32-23(21-11-3-4-12-22(21)25(32)34)31-20-10-6-8-18(15-20)24(33)30-16-17-7-5-9-19(14-17)26(27,28)29/h3-12,14-15,23,31H,2,13,16H2,1H3,(H,30,33). The van der Waals surface area contributed by atoms with Gasteiger partial charge in [-0.05, 0) is 48.4 Å². The zero-order valence-electron chi connectivity index (χ0n) is 18.5. The SMILES string of the molecule is CCCN1C(=O)c2ccccc2C1Nc1cccc(C(=O)NCc2cccc(C(F)(F)F)c2)c1. The number of nitrogens with one attached hydrogen (secondary N) is 2. The molecular weight excluding hydrogens is 443 g/mol. The van der Waals surface area contributed by atoms with Crippen LogP contribution in [0, 0.1) is 0 Å². The van der Waals surface area contributed by atoms with Gasteiger partial charge in [0, 0.05) is 35.5 Å². The number of hydrogen-bond acceptors (Lipinski definition) is 3. The van der Waals surface area contributed by atoms with E-state index in [1.54, 1.807) is 35.2 Å². The van der Waals surface area contributed by atoms with Crippen molar-refractivity contribution in [2.24, 2.45) is 0 Å². The molecule has 2 N–H and O–H groups in total. The first-order valence-electron chi connectivity index (χ1n) is 11.0. The largest absolute Gasteiger partial charge is 0.416 e. The fourth-order valence-corrected chi connectivity index (χ4v) is 4.05. The molecule has 0 saturated heterocycles. The molecule has 8 heteroatoms. The summed E-state index contributed by atoms with van der Waals surface area (Å²) in [6, 6.07) is 19.1. The Morgan fingerprint density at radius 2 is 1.76 bits per heavy atom. The highest BCUT2D eigenvalue weighted by Gasteiger charge is 2.35. The number of benzene rings is 3. The van der Waals surface area contributed by atoms with E-state index in [2.05, 4.69) is 10.6 Å². The number of nitrogens with zero attached hydrogens (tertiary/aromatic N) is 1. The number of amides is 2. The molecule has 1 aliphatic rings. The predicted octanol–water partition coefficient (Wildman–Crippen LogP) is 5.61. The van der Waals surface area contributed by atoms with Gasteiger partial charge in [-0.3, -0.25) is 9.59 Å². The van der Waals surface area contributed by atoms with E-state index in [1.165, 1.54) is 12.1 Å². The zero-order valence-corrected chi connectivity index (χ0v) is 18.5. The number of carbonyl (C=O) groups excluding carboxylic acids is 2. The van der Waals surface area contributed by atoms with Crippen molar-refractivity contribution >= 4 is 17.5 Å². The zero-order chi connectivity index (χ0) is 24.3. The van der Waals surface area contributed by atoms with Gasteiger partial charge in [-0.25, -0.2) is 0 Å². The molecule has 5 nitrogen and oxygen atoms in total. The van der Waals surface area contributed by atoms with Gasteiger partial charge in [0.2, 0.25) is 0 Å². The number of carbonyl (C=O) groups is 2. The summed E-state index contributed by atoms with van der Waals surface area (Å²) in [7, 11) is 0. The summed E-state index contributed by atoms with van der Waals surface area (Å²) in [5.41, 5.74) is 2.14. The molecular formula is C26H24F3N3O2. The third-order valence-electron chi connectivity index (χ3n) is 5.66. The highest BCUT2D eigenvalue weighted by molar-refractivity contribution is 5.99. The average Bonchev–Trinajstić information content (AvgIpc) is 3.09. The molecule has 1 unspecified atom stereocenters. The van der Waals surface area contributed by atoms with Gasteiger partial charge < -0.3 is 15.5 Å². The van der Waals surface area contributed by atoms with E-state index in [-0.39, 0.29) is 18.6 Å². The van der Waals surface area contributed by atoms with Crippen molar-refractivity contribution in [2.75, 3.05) is 11.9 Å². The van der Waals surface area contributed by atoms with Crippen molar-refractivity contribution in [1.29, 1.82) is 0 Å². The second-order valence-electron chi connectivity index (χ2n) is 8.09. The summed E-state index contributed by atoms with van der Waals surface area (Å²) in [5, 5.41) is 6.02. The van der Waals surface area contributed by atoms with Gasteiger partial charge in [-0.1, -0.05) is 43.3 Å². The van der Waals surface area contributed by atoms with E-state index in [4.69, 9.17) is 0 Å². The van der Waals surface area contributed by atoms with Gasteiger partial charge in [-0.15, -0.1) is 0 Å². The Hall–Kier alpha value is -3.81. The van der Waals surface area contributed by atoms with Gasteiger partial charge >= 0.3 is 6.18 Å². The normalized spacial score (nSPS) is 15.2. The van der Waals surface area contributed by atoms with Crippen LogP contribution in [0.1, 0.15) is 56.9 Å². The lowest BCUT2D eigenvalue weighted by molar-refractivity contribution is -0.137. The Balaban J connectivity index is 1.48. The molecule has 0 saturated carbocycles. The van der Waals surface area contributed by atoms with Gasteiger partial charge in [-0.2, -0.15) is 13.2 Å². The topological polar surface area (TPSA) is 61.4 Å². The minimum atomic E-state index is -4.44. The van der Waals surface area contributed by atoms with Crippen LogP contribution in [-0.2, 0) is 12.7 Å². The van der Waals surface area contributed by atoms with Crippen LogP contribution in [0.2, 0.25) is 0 Å². The van der Waals surface area contributed by atoms with E-state index in [0.717, 1.165) is 24.1 Å². The van der Waals surface area contributed by atoms with Crippen molar-refractivity contribution in [2.45, 2.75) is 32.2 Å². The lowest BCUT2D eigenvalue weighted by atomic mass is 10.1. The van der Waals surface area contributed by atoms with Crippen molar-refractivity contribution in [1.82, 2.24) is 10.2 Å². The molecule has 176 valence electrons. The first-order chi connectivity index (χ1) is 16.3. The highest BCUT2D eigenvalue weighted by atomic mass is 19.4. The van der Waals surface area contributed by atoms with Gasteiger partial charge in [0.15, 0.2) is 0 Å². The van der Waals surface area contributed by atoms with E-state index >= 15 is 0 Å². The fraction of sp³-hybridized carbons (Fsp3) is 0.231. The van der Waals surface area contributed by atoms with Gasteiger partial charge in [0.05, 0.1) is 5.56 Å². The number of rotatable bonds is 7. The number of alkyl halides is 3. The Labute approximate surface area is 195 Å². The molecule has 1 aliphatic heterocycles. The summed E-state index contributed by atoms with van der Waals surface area (Å²) in [4.78, 5) is 27.3. The van der Waals surface area contributed by atoms with Crippen molar-refractivity contribution in [3.63, 3.8) is 0 Å². The molecule has 1 atom stereocenters. The maximum absolute atomic E-state index is 12.9. The van der Waals surface area contributed by atoms with Crippen molar-refractivity contribution in [3.8, 4) is 0 Å². The minimum Gasteiger partial charge on any atom is -0.361 e. The van der Waals surface area contributed by atoms with Gasteiger partial charge in [0.1, 0.15) is 6.17 Å². The Bertz CT molecular complexity index is 1210. The monoisotopic (exact) mass is 467 g/mol. The third kappa shape index (κ3) is 4.90. The molecule has 0 fully saturated rings. The van der Waals surface area contributed by atoms with Crippen LogP contribution < -0.4 is 10.6 Å². The van der Waals surface area contributed by atoms with E-state index < -0.39 is 17.6 Å². The average molecular weight is 467 g/mol. The maximum Gasteiger partial charge on any atom is 0.416 e. The van der Waals surface area contributed by atoms with Crippen LogP contribution in [0.4, 0.5) is 18.9 Å². The molecule has 0 aromatic heterocycles. The lowest BCUT2D eigenvalue weighted by Crippen LogP contribution is -2.33. The smallest absolute Gasteiger partial charge is 0.361 e. The highest BCUT2D eigenvalue weighted by Crippen LogP contribution is 2.34. The van der Waals surface area contributed by atoms with Crippen LogP contribution in [0.3, 0.4) is 0 Å². The van der Waals surface area contributed by atoms with E-state index in [0.29, 0.717) is 28.9 Å². The number of fused-ring (bicyclic) bond motifs is 1. The van der Waals surface area contributed by atoms with Crippen LogP contribution in [0.5, 0.6) is 0 Å². The Morgan fingerprint density at radius 3 is 2.53 bits per heavy atom. The van der Waals surface area contributed by atoms with Crippen LogP contribution >= 0.6 is 0 Å². The Kier molecular flexibility index (Phi) is 6.58. The predicted molar refractivity (Wildman–Crippen MR) is 123 cm³/mol. The van der Waals surface area contributed by atoms with Crippen molar-refractivity contribution < 1.29 is 22.8 Å². The summed E-state index contributed by atoms with van der Waals surface area (Å²) in [6.45, 7) is 2.56. The molecule has 1 heterocycles. The second kappa shape index (κ2) is 9.59. The molecule has 3 aromatic rings. The first kappa shape index (κ1) is 23.4. The first-order valence-corrected chi connectivity index (χ1v) is 11.0. The molecule has 0 spiro atoms. The van der Waals surface area contributed by atoms with E-state index in [1.807, 2.05) is 25.1 Å². The van der Waals surface area contributed by atoms with Crippen molar-refractivity contribution in [3.05, 3.63) is 101 Å². The van der Waals surface area contributed by atoms with Gasteiger partial charge in [0.25, 0.3) is 11.8 Å². The minimum absolute atomic E-state index is 0.0326. The Morgan fingerprint density at radius 1 is 1.00 bits per heavy atom. The summed E-state index contributed by atoms with van der Waals surface area (Å²) < 4.78 is 38.8. The number of halogens is 3. The lowest BCUT2D eigenvalue weighted by Gasteiger charge is -2.27. The van der Waals surface area contributed by atoms with Crippen LogP contribution in [-0.4, -0.2) is 23.3 Å². The molecule has 0 radical (unpaired) electrons. The fourth-order valence-electron chi connectivity index (χ4n) is 4.05. The number of hydrogen-bond donors (Lipinski definition) is 2. The van der Waals surface area contributed by atoms with E-state index in [9.17, 15) is 22.8 Å². The van der Waals surface area contributed by atoms with Crippen LogP contribution in [0.25, 0.3) is 0 Å².